The Labute approximate surface area is 117 Å². The molecule has 1 N–H and O–H groups in total. The van der Waals surface area contributed by atoms with Crippen molar-refractivity contribution in [2.45, 2.75) is 65.6 Å². The second-order valence-electron chi connectivity index (χ2n) is 5.04. The maximum absolute atomic E-state index is 5.85. The summed E-state index contributed by atoms with van der Waals surface area (Å²) in [5.74, 6) is 0. The molecule has 1 aromatic heterocycles. The maximum Gasteiger partial charge on any atom is 0.0892 e. The number of pyridine rings is 1. The first-order valence-corrected chi connectivity index (χ1v) is 7.56. The largest absolute Gasteiger partial charge is 0.385 e. The summed E-state index contributed by atoms with van der Waals surface area (Å²) in [5, 5.41) is 3.29. The van der Waals surface area contributed by atoms with Crippen LogP contribution < -0.4 is 5.32 Å². The second-order valence-corrected chi connectivity index (χ2v) is 5.04. The van der Waals surface area contributed by atoms with E-state index in [1.807, 2.05) is 12.3 Å². The van der Waals surface area contributed by atoms with Crippen molar-refractivity contribution < 1.29 is 4.74 Å². The maximum atomic E-state index is 5.85. The van der Waals surface area contributed by atoms with E-state index in [1.165, 1.54) is 25.7 Å². The van der Waals surface area contributed by atoms with Crippen LogP contribution in [0.15, 0.2) is 18.3 Å². The lowest BCUT2D eigenvalue weighted by Crippen LogP contribution is -2.09. The van der Waals surface area contributed by atoms with Gasteiger partial charge in [-0.25, -0.2) is 0 Å². The molecule has 1 aromatic rings. The van der Waals surface area contributed by atoms with E-state index in [9.17, 15) is 0 Å². The Morgan fingerprint density at radius 2 is 2.11 bits per heavy atom. The molecule has 0 aliphatic carbocycles. The molecule has 0 saturated heterocycles. The molecule has 3 nitrogen and oxygen atoms in total. The summed E-state index contributed by atoms with van der Waals surface area (Å²) in [5.41, 5.74) is 2.12. The number of nitrogens with one attached hydrogen (secondary N) is 1. The quantitative estimate of drug-likeness (QED) is 0.636. The lowest BCUT2D eigenvalue weighted by Gasteiger charge is -2.13. The van der Waals surface area contributed by atoms with Gasteiger partial charge in [0.2, 0.25) is 0 Å². The lowest BCUT2D eigenvalue weighted by atomic mass is 10.1. The van der Waals surface area contributed by atoms with Gasteiger partial charge in [-0.3, -0.25) is 4.98 Å². The van der Waals surface area contributed by atoms with Crippen molar-refractivity contribution in [2.75, 3.05) is 11.9 Å². The van der Waals surface area contributed by atoms with E-state index in [4.69, 9.17) is 4.74 Å². The summed E-state index contributed by atoms with van der Waals surface area (Å²) in [6.45, 7) is 8.02. The highest BCUT2D eigenvalue weighted by molar-refractivity contribution is 5.42. The topological polar surface area (TPSA) is 34.1 Å². The van der Waals surface area contributed by atoms with Crippen LogP contribution in [0.1, 0.15) is 58.6 Å². The van der Waals surface area contributed by atoms with Gasteiger partial charge >= 0.3 is 0 Å². The van der Waals surface area contributed by atoms with Crippen LogP contribution in [0.5, 0.6) is 0 Å². The normalized spacial score (nSPS) is 12.4. The number of ether oxygens (including phenoxy) is 1. The van der Waals surface area contributed by atoms with Crippen molar-refractivity contribution in [3.05, 3.63) is 24.0 Å². The zero-order valence-corrected chi connectivity index (χ0v) is 12.6. The molecule has 0 amide bonds. The Balaban J connectivity index is 2.25. The average Bonchev–Trinajstić information content (AvgIpc) is 2.42. The van der Waals surface area contributed by atoms with Crippen LogP contribution >= 0.6 is 0 Å². The van der Waals surface area contributed by atoms with Crippen molar-refractivity contribution in [1.82, 2.24) is 4.98 Å². The lowest BCUT2D eigenvalue weighted by molar-refractivity contribution is 0.0440. The molecule has 1 atom stereocenters. The fourth-order valence-corrected chi connectivity index (χ4v) is 2.04. The molecule has 108 valence electrons. The minimum atomic E-state index is 0.321. The van der Waals surface area contributed by atoms with E-state index in [0.29, 0.717) is 12.7 Å². The standard InChI is InChI=1S/C16H28N2O/c1-4-6-7-8-9-14(3)19-13-16-12-15(17-5-2)10-11-18-16/h10-12,14H,4-9,13H2,1-3H3,(H,17,18). The Kier molecular flexibility index (Phi) is 8.23. The van der Waals surface area contributed by atoms with Crippen LogP contribution in [0.2, 0.25) is 0 Å². The van der Waals surface area contributed by atoms with Crippen molar-refractivity contribution in [2.24, 2.45) is 0 Å². The molecular weight excluding hydrogens is 236 g/mol. The first-order chi connectivity index (χ1) is 9.26. The second kappa shape index (κ2) is 9.79. The Bertz CT molecular complexity index is 341. The van der Waals surface area contributed by atoms with E-state index in [2.05, 4.69) is 37.1 Å². The number of nitrogens with zero attached hydrogens (tertiary/aromatic N) is 1. The van der Waals surface area contributed by atoms with Crippen LogP contribution in [0.3, 0.4) is 0 Å². The van der Waals surface area contributed by atoms with Gasteiger partial charge in [0.25, 0.3) is 0 Å². The molecule has 0 aliphatic heterocycles. The Morgan fingerprint density at radius 3 is 2.84 bits per heavy atom. The van der Waals surface area contributed by atoms with Crippen LogP contribution in [0, 0.1) is 0 Å². The van der Waals surface area contributed by atoms with Crippen LogP contribution in [0.25, 0.3) is 0 Å². The molecule has 3 heteroatoms. The number of rotatable bonds is 10. The molecule has 0 radical (unpaired) electrons. The highest BCUT2D eigenvalue weighted by Crippen LogP contribution is 2.12. The van der Waals surface area contributed by atoms with Gasteiger partial charge < -0.3 is 10.1 Å². The molecule has 0 aliphatic rings. The van der Waals surface area contributed by atoms with Gasteiger partial charge in [-0.2, -0.15) is 0 Å². The predicted octanol–water partition coefficient (Wildman–Crippen LogP) is 4.39. The van der Waals surface area contributed by atoms with Gasteiger partial charge in [0.05, 0.1) is 18.4 Å². The van der Waals surface area contributed by atoms with Crippen molar-refractivity contribution in [3.8, 4) is 0 Å². The van der Waals surface area contributed by atoms with Crippen molar-refractivity contribution in [1.29, 1.82) is 0 Å². The molecule has 0 spiro atoms. The zero-order valence-electron chi connectivity index (χ0n) is 12.6. The van der Waals surface area contributed by atoms with Gasteiger partial charge in [0, 0.05) is 18.4 Å². The summed E-state index contributed by atoms with van der Waals surface area (Å²) >= 11 is 0. The number of unbranched alkanes of at least 4 members (excludes halogenated alkanes) is 3. The molecule has 0 saturated carbocycles. The van der Waals surface area contributed by atoms with Crippen LogP contribution in [0.4, 0.5) is 5.69 Å². The molecular formula is C16H28N2O. The summed E-state index contributed by atoms with van der Waals surface area (Å²) in [4.78, 5) is 4.34. The summed E-state index contributed by atoms with van der Waals surface area (Å²) in [6, 6.07) is 4.05. The molecule has 19 heavy (non-hydrogen) atoms. The molecule has 0 fully saturated rings. The van der Waals surface area contributed by atoms with E-state index in [-0.39, 0.29) is 0 Å². The van der Waals surface area contributed by atoms with Crippen molar-refractivity contribution >= 4 is 5.69 Å². The fourth-order valence-electron chi connectivity index (χ4n) is 2.04. The van der Waals surface area contributed by atoms with Gasteiger partial charge in [0.1, 0.15) is 0 Å². The van der Waals surface area contributed by atoms with E-state index in [0.717, 1.165) is 24.3 Å². The summed E-state index contributed by atoms with van der Waals surface area (Å²) in [7, 11) is 0. The molecule has 1 unspecified atom stereocenters. The van der Waals surface area contributed by atoms with E-state index < -0.39 is 0 Å². The first kappa shape index (κ1) is 16.0. The SMILES string of the molecule is CCCCCCC(C)OCc1cc(NCC)ccn1. The van der Waals surface area contributed by atoms with E-state index >= 15 is 0 Å². The van der Waals surface area contributed by atoms with Gasteiger partial charge in [0.15, 0.2) is 0 Å². The van der Waals surface area contributed by atoms with E-state index in [1.54, 1.807) is 0 Å². The minimum Gasteiger partial charge on any atom is -0.385 e. The predicted molar refractivity (Wildman–Crippen MR) is 81.4 cm³/mol. The molecule has 1 heterocycles. The monoisotopic (exact) mass is 264 g/mol. The highest BCUT2D eigenvalue weighted by atomic mass is 16.5. The van der Waals surface area contributed by atoms with Crippen LogP contribution in [-0.2, 0) is 11.3 Å². The molecule has 0 aromatic carbocycles. The summed E-state index contributed by atoms with van der Waals surface area (Å²) < 4.78 is 5.85. The van der Waals surface area contributed by atoms with Gasteiger partial charge in [-0.05, 0) is 32.4 Å². The average molecular weight is 264 g/mol. The first-order valence-electron chi connectivity index (χ1n) is 7.56. The van der Waals surface area contributed by atoms with Crippen molar-refractivity contribution in [3.63, 3.8) is 0 Å². The highest BCUT2D eigenvalue weighted by Gasteiger charge is 2.04. The Morgan fingerprint density at radius 1 is 1.26 bits per heavy atom. The number of hydrogen-bond donors (Lipinski definition) is 1. The number of aromatic nitrogens is 1. The minimum absolute atomic E-state index is 0.321. The van der Waals surface area contributed by atoms with Gasteiger partial charge in [-0.1, -0.05) is 32.6 Å². The summed E-state index contributed by atoms with van der Waals surface area (Å²) in [6.07, 6.45) is 8.50. The third-order valence-corrected chi connectivity index (χ3v) is 3.18. The zero-order chi connectivity index (χ0) is 13.9. The third-order valence-electron chi connectivity index (χ3n) is 3.18. The van der Waals surface area contributed by atoms with Crippen LogP contribution in [-0.4, -0.2) is 17.6 Å². The number of anilines is 1. The number of hydrogen-bond acceptors (Lipinski definition) is 3. The third kappa shape index (κ3) is 7.16. The van der Waals surface area contributed by atoms with Gasteiger partial charge in [-0.15, -0.1) is 0 Å². The molecule has 1 rings (SSSR count). The smallest absolute Gasteiger partial charge is 0.0892 e. The fraction of sp³-hybridized carbons (Fsp3) is 0.688. The Hall–Kier alpha value is -1.09. The molecule has 0 bridgehead atoms.